The molecule has 0 spiro atoms. The Morgan fingerprint density at radius 2 is 1.22 bits per heavy atom. The van der Waals surface area contributed by atoms with E-state index in [1.807, 2.05) is 4.90 Å². The van der Waals surface area contributed by atoms with E-state index >= 15 is 0 Å². The number of guanidine groups is 1. The summed E-state index contributed by atoms with van der Waals surface area (Å²) in [7, 11) is 0. The molecule has 0 fully saturated rings. The van der Waals surface area contributed by atoms with Gasteiger partial charge in [-0.15, -0.1) is 12.6 Å². The third-order valence-corrected chi connectivity index (χ3v) is 7.17. The fourth-order valence-corrected chi connectivity index (χ4v) is 5.68. The summed E-state index contributed by atoms with van der Waals surface area (Å²) < 4.78 is 9.62. The van der Waals surface area contributed by atoms with Crippen LogP contribution in [0.2, 0.25) is 0 Å². The van der Waals surface area contributed by atoms with Gasteiger partial charge >= 0.3 is 11.9 Å². The number of aromatic nitrogens is 4. The molecule has 2 aromatic heterocycles. The van der Waals surface area contributed by atoms with Crippen molar-refractivity contribution in [2.24, 2.45) is 9.98 Å². The molecule has 0 amide bonds. The summed E-state index contributed by atoms with van der Waals surface area (Å²) in [6.45, 7) is 30.4. The van der Waals surface area contributed by atoms with Gasteiger partial charge in [-0.25, -0.2) is 9.13 Å². The van der Waals surface area contributed by atoms with Crippen LogP contribution in [0.5, 0.6) is 0 Å². The molecule has 0 radical (unpaired) electrons. The summed E-state index contributed by atoms with van der Waals surface area (Å²) in [5.41, 5.74) is 5.69. The minimum Gasteiger partial charge on any atom is -0.312 e. The Balaban J connectivity index is 3.16. The van der Waals surface area contributed by atoms with Crippen molar-refractivity contribution >= 4 is 41.1 Å². The summed E-state index contributed by atoms with van der Waals surface area (Å²) in [6, 6.07) is 0.992. The van der Waals surface area contributed by atoms with Crippen LogP contribution < -0.4 is 10.2 Å². The van der Waals surface area contributed by atoms with E-state index in [2.05, 4.69) is 128 Å². The Hall–Kier alpha value is -1.87. The maximum absolute atomic E-state index is 5.62. The lowest BCUT2D eigenvalue weighted by molar-refractivity contribution is -0.708. The van der Waals surface area contributed by atoms with Crippen molar-refractivity contribution in [3.63, 3.8) is 0 Å². The number of aliphatic imine (C=N–C) groups is 1. The number of hydrogen-bond donors (Lipinski definition) is 1. The third-order valence-electron chi connectivity index (χ3n) is 6.76. The van der Waals surface area contributed by atoms with Gasteiger partial charge in [0.25, 0.3) is 0 Å². The number of nitrogens with zero attached hydrogens (tertiary/aromatic N) is 7. The second kappa shape index (κ2) is 11.7. The predicted octanol–water partition coefficient (Wildman–Crippen LogP) is 6.45. The minimum atomic E-state index is 0.0341. The molecule has 0 aliphatic heterocycles. The van der Waals surface area contributed by atoms with Crippen molar-refractivity contribution in [3.8, 4) is 0 Å². The van der Waals surface area contributed by atoms with Gasteiger partial charge in [0.05, 0.1) is 12.1 Å². The van der Waals surface area contributed by atoms with Crippen LogP contribution in [0.1, 0.15) is 116 Å². The van der Waals surface area contributed by atoms with E-state index in [9.17, 15) is 0 Å². The third kappa shape index (κ3) is 5.67. The number of thiocarbonyl (C=S) groups is 1. The van der Waals surface area contributed by atoms with Crippen LogP contribution in [0.3, 0.4) is 0 Å². The lowest BCUT2D eigenvalue weighted by atomic mass is 10.3. The van der Waals surface area contributed by atoms with Crippen molar-refractivity contribution in [2.75, 3.05) is 0 Å². The van der Waals surface area contributed by atoms with Crippen LogP contribution in [0.15, 0.2) is 9.98 Å². The fraction of sp³-hybridized carbons (Fsp3) is 0.704. The van der Waals surface area contributed by atoms with Crippen LogP contribution >= 0.6 is 24.8 Å². The highest BCUT2D eigenvalue weighted by Gasteiger charge is 2.31. The van der Waals surface area contributed by atoms with Gasteiger partial charge in [-0.05, 0) is 102 Å². The molecule has 0 saturated carbocycles. The quantitative estimate of drug-likeness (QED) is 0.152. The van der Waals surface area contributed by atoms with Crippen LogP contribution in [0.25, 0.3) is 0 Å². The zero-order valence-corrected chi connectivity index (χ0v) is 26.6. The SMILES string of the molecule is Cc1c(C)[n+](C(C)C)c(/N=C(\N=c2n(C(C)C)c(C)c(C)n2C(C)C)N(C(=S)S)C(C)C)n1C(C)C. The summed E-state index contributed by atoms with van der Waals surface area (Å²) >= 11 is 10.2. The van der Waals surface area contributed by atoms with Gasteiger partial charge in [0, 0.05) is 29.5 Å². The van der Waals surface area contributed by atoms with Crippen molar-refractivity contribution < 1.29 is 4.57 Å². The molecule has 9 heteroatoms. The maximum atomic E-state index is 5.62. The molecule has 202 valence electrons. The normalized spacial score (nSPS) is 12.7. The standard InChI is InChI=1S/C27H47N7S2/c1-15(2)30-20(11)21(12)31(16(3)4)25(30)28-24(34(19(9)10)27(35)36)29-26-32(17(5)6)22(13)23(14)33(26)18(7)8/h15-19H,1-14H3/p+1. The summed E-state index contributed by atoms with van der Waals surface area (Å²) in [5, 5.41) is 0. The first-order valence-corrected chi connectivity index (χ1v) is 14.0. The summed E-state index contributed by atoms with van der Waals surface area (Å²) in [4.78, 5) is 12.5. The van der Waals surface area contributed by atoms with E-state index in [-0.39, 0.29) is 30.2 Å². The first kappa shape index (κ1) is 30.4. The first-order chi connectivity index (χ1) is 16.5. The summed E-state index contributed by atoms with van der Waals surface area (Å²) in [6.07, 6.45) is 0. The molecular weight excluding hydrogens is 486 g/mol. The molecule has 0 unspecified atom stereocenters. The highest BCUT2D eigenvalue weighted by molar-refractivity contribution is 8.11. The van der Waals surface area contributed by atoms with Crippen molar-refractivity contribution in [1.29, 1.82) is 0 Å². The minimum absolute atomic E-state index is 0.0341. The highest BCUT2D eigenvalue weighted by atomic mass is 32.1. The fourth-order valence-electron chi connectivity index (χ4n) is 5.07. The number of hydrogen-bond acceptors (Lipinski definition) is 2. The van der Waals surface area contributed by atoms with Crippen molar-refractivity contribution in [1.82, 2.24) is 18.6 Å². The lowest BCUT2D eigenvalue weighted by Gasteiger charge is -2.24. The summed E-state index contributed by atoms with van der Waals surface area (Å²) in [5.74, 6) is 1.42. The Labute approximate surface area is 229 Å². The zero-order chi connectivity index (χ0) is 27.8. The number of rotatable bonds is 6. The Morgan fingerprint density at radius 1 is 0.778 bits per heavy atom. The van der Waals surface area contributed by atoms with E-state index < -0.39 is 0 Å². The average molecular weight is 535 g/mol. The topological polar surface area (TPSA) is 46.6 Å². The Morgan fingerprint density at radius 3 is 1.56 bits per heavy atom. The van der Waals surface area contributed by atoms with E-state index in [0.717, 1.165) is 11.6 Å². The van der Waals surface area contributed by atoms with Gasteiger partial charge in [0.1, 0.15) is 15.7 Å². The van der Waals surface area contributed by atoms with Gasteiger partial charge < -0.3 is 9.13 Å². The van der Waals surface area contributed by atoms with Crippen LogP contribution in [-0.4, -0.2) is 34.9 Å². The molecule has 0 atom stereocenters. The first-order valence-electron chi connectivity index (χ1n) is 13.1. The number of thiol groups is 1. The second-order valence-electron chi connectivity index (χ2n) is 11.1. The largest absolute Gasteiger partial charge is 0.403 e. The van der Waals surface area contributed by atoms with E-state index in [0.29, 0.717) is 10.3 Å². The molecule has 0 N–H and O–H groups in total. The van der Waals surface area contributed by atoms with Crippen molar-refractivity contribution in [2.45, 2.75) is 127 Å². The molecule has 0 aliphatic carbocycles. The lowest BCUT2D eigenvalue weighted by Crippen LogP contribution is -2.42. The molecule has 2 heterocycles. The maximum Gasteiger partial charge on any atom is 0.403 e. The molecule has 0 aliphatic rings. The van der Waals surface area contributed by atoms with Gasteiger partial charge in [-0.3, -0.25) is 4.90 Å². The molecule has 7 nitrogen and oxygen atoms in total. The predicted molar refractivity (Wildman–Crippen MR) is 159 cm³/mol. The van der Waals surface area contributed by atoms with E-state index in [1.54, 1.807) is 0 Å². The second-order valence-corrected chi connectivity index (χ2v) is 12.2. The smallest absolute Gasteiger partial charge is 0.312 e. The van der Waals surface area contributed by atoms with Gasteiger partial charge in [0.15, 0.2) is 0 Å². The molecule has 0 saturated heterocycles. The molecule has 0 aromatic carbocycles. The van der Waals surface area contributed by atoms with Crippen LogP contribution in [0.4, 0.5) is 5.95 Å². The van der Waals surface area contributed by atoms with Crippen LogP contribution in [0, 0.1) is 27.7 Å². The molecule has 36 heavy (non-hydrogen) atoms. The molecule has 2 aromatic rings. The Bertz CT molecular complexity index is 1140. The van der Waals surface area contributed by atoms with Gasteiger partial charge in [0.2, 0.25) is 5.62 Å². The van der Waals surface area contributed by atoms with E-state index in [1.165, 1.54) is 22.8 Å². The highest BCUT2D eigenvalue weighted by Crippen LogP contribution is 2.25. The molecular formula is C27H48N7S2+. The van der Waals surface area contributed by atoms with Gasteiger partial charge in [-0.2, -0.15) is 4.99 Å². The molecule has 2 rings (SSSR count). The van der Waals surface area contributed by atoms with E-state index in [4.69, 9.17) is 22.2 Å². The average Bonchev–Trinajstić information content (AvgIpc) is 3.11. The monoisotopic (exact) mass is 534 g/mol. The van der Waals surface area contributed by atoms with Gasteiger partial charge in [-0.1, -0.05) is 12.2 Å². The zero-order valence-electron chi connectivity index (χ0n) is 24.9. The molecule has 0 bridgehead atoms. The van der Waals surface area contributed by atoms with Crippen molar-refractivity contribution in [3.05, 3.63) is 28.4 Å². The van der Waals surface area contributed by atoms with Crippen LogP contribution in [-0.2, 0) is 0 Å². The Kier molecular flexibility index (Phi) is 9.84. The number of imidazole rings is 2.